The SMILES string of the molecule is CCC(C)OC(c1ccc(F)cc1)C(C)N. The highest BCUT2D eigenvalue weighted by Gasteiger charge is 2.19. The molecule has 90 valence electrons. The number of nitrogens with two attached hydrogens (primary N) is 1. The number of rotatable bonds is 5. The summed E-state index contributed by atoms with van der Waals surface area (Å²) in [6.45, 7) is 5.98. The van der Waals surface area contributed by atoms with Gasteiger partial charge in [-0.3, -0.25) is 0 Å². The highest BCUT2D eigenvalue weighted by Crippen LogP contribution is 2.23. The molecule has 0 fully saturated rings. The highest BCUT2D eigenvalue weighted by atomic mass is 19.1. The lowest BCUT2D eigenvalue weighted by Crippen LogP contribution is -2.29. The van der Waals surface area contributed by atoms with E-state index in [1.165, 1.54) is 12.1 Å². The number of hydrogen-bond donors (Lipinski definition) is 1. The molecule has 1 aromatic carbocycles. The Morgan fingerprint density at radius 1 is 1.25 bits per heavy atom. The first-order valence-electron chi connectivity index (χ1n) is 5.71. The quantitative estimate of drug-likeness (QED) is 0.836. The maximum absolute atomic E-state index is 12.8. The van der Waals surface area contributed by atoms with Crippen molar-refractivity contribution in [3.05, 3.63) is 35.6 Å². The van der Waals surface area contributed by atoms with Crippen LogP contribution >= 0.6 is 0 Å². The van der Waals surface area contributed by atoms with Gasteiger partial charge in [-0.1, -0.05) is 19.1 Å². The van der Waals surface area contributed by atoms with E-state index in [-0.39, 0.29) is 24.1 Å². The molecule has 0 radical (unpaired) electrons. The van der Waals surface area contributed by atoms with Crippen LogP contribution in [0.25, 0.3) is 0 Å². The van der Waals surface area contributed by atoms with E-state index in [0.29, 0.717) is 0 Å². The van der Waals surface area contributed by atoms with Gasteiger partial charge in [0.2, 0.25) is 0 Å². The first-order valence-corrected chi connectivity index (χ1v) is 5.71. The molecule has 1 aromatic rings. The van der Waals surface area contributed by atoms with Crippen LogP contribution in [-0.2, 0) is 4.74 Å². The van der Waals surface area contributed by atoms with E-state index in [1.54, 1.807) is 12.1 Å². The lowest BCUT2D eigenvalue weighted by atomic mass is 10.0. The molecule has 0 aromatic heterocycles. The van der Waals surface area contributed by atoms with Gasteiger partial charge in [0.1, 0.15) is 5.82 Å². The second-order valence-electron chi connectivity index (χ2n) is 4.19. The van der Waals surface area contributed by atoms with Crippen molar-refractivity contribution in [3.63, 3.8) is 0 Å². The standard InChI is InChI=1S/C13H20FNO/c1-4-9(2)16-13(10(3)15)11-5-7-12(14)8-6-11/h5-10,13H,4,15H2,1-3H3. The Hall–Kier alpha value is -0.930. The van der Waals surface area contributed by atoms with Crippen LogP contribution in [0.5, 0.6) is 0 Å². The summed E-state index contributed by atoms with van der Waals surface area (Å²) in [6, 6.07) is 6.21. The molecule has 2 nitrogen and oxygen atoms in total. The number of ether oxygens (including phenoxy) is 1. The van der Waals surface area contributed by atoms with Crippen LogP contribution in [-0.4, -0.2) is 12.1 Å². The summed E-state index contributed by atoms with van der Waals surface area (Å²) in [5.74, 6) is -0.240. The summed E-state index contributed by atoms with van der Waals surface area (Å²) in [4.78, 5) is 0. The first kappa shape index (κ1) is 13.1. The minimum Gasteiger partial charge on any atom is -0.369 e. The zero-order chi connectivity index (χ0) is 12.1. The van der Waals surface area contributed by atoms with Crippen LogP contribution in [0.4, 0.5) is 4.39 Å². The smallest absolute Gasteiger partial charge is 0.123 e. The minimum atomic E-state index is -0.240. The minimum absolute atomic E-state index is 0.112. The summed E-state index contributed by atoms with van der Waals surface area (Å²) >= 11 is 0. The van der Waals surface area contributed by atoms with Crippen molar-refractivity contribution < 1.29 is 9.13 Å². The van der Waals surface area contributed by atoms with Crippen LogP contribution in [0.1, 0.15) is 38.9 Å². The molecule has 16 heavy (non-hydrogen) atoms. The second kappa shape index (κ2) is 5.97. The third kappa shape index (κ3) is 3.58. The van der Waals surface area contributed by atoms with Crippen molar-refractivity contribution in [1.29, 1.82) is 0 Å². The number of hydrogen-bond acceptors (Lipinski definition) is 2. The Labute approximate surface area is 96.6 Å². The average Bonchev–Trinajstić information content (AvgIpc) is 2.26. The van der Waals surface area contributed by atoms with Gasteiger partial charge in [0.15, 0.2) is 0 Å². The Kier molecular flexibility index (Phi) is 4.90. The van der Waals surface area contributed by atoms with Crippen LogP contribution < -0.4 is 5.73 Å². The molecule has 0 aliphatic rings. The fourth-order valence-corrected chi connectivity index (χ4v) is 1.51. The summed E-state index contributed by atoms with van der Waals surface area (Å²) < 4.78 is 18.6. The average molecular weight is 225 g/mol. The molecule has 0 saturated carbocycles. The van der Waals surface area contributed by atoms with Crippen molar-refractivity contribution >= 4 is 0 Å². The van der Waals surface area contributed by atoms with Gasteiger partial charge in [0, 0.05) is 6.04 Å². The zero-order valence-electron chi connectivity index (χ0n) is 10.1. The molecule has 3 heteroatoms. The fraction of sp³-hybridized carbons (Fsp3) is 0.538. The molecule has 0 heterocycles. The van der Waals surface area contributed by atoms with Gasteiger partial charge in [-0.25, -0.2) is 4.39 Å². The predicted molar refractivity (Wildman–Crippen MR) is 63.6 cm³/mol. The summed E-state index contributed by atoms with van der Waals surface area (Å²) in [5.41, 5.74) is 6.82. The monoisotopic (exact) mass is 225 g/mol. The molecule has 3 unspecified atom stereocenters. The van der Waals surface area contributed by atoms with Crippen LogP contribution in [0.2, 0.25) is 0 Å². The molecular weight excluding hydrogens is 205 g/mol. The van der Waals surface area contributed by atoms with Crippen molar-refractivity contribution in [2.45, 2.75) is 45.4 Å². The molecule has 0 spiro atoms. The molecular formula is C13H20FNO. The molecule has 0 saturated heterocycles. The number of halogens is 1. The van der Waals surface area contributed by atoms with Crippen molar-refractivity contribution in [2.75, 3.05) is 0 Å². The molecule has 0 aliphatic heterocycles. The normalized spacial score (nSPS) is 16.8. The lowest BCUT2D eigenvalue weighted by Gasteiger charge is -2.25. The van der Waals surface area contributed by atoms with Gasteiger partial charge in [-0.15, -0.1) is 0 Å². The van der Waals surface area contributed by atoms with E-state index in [4.69, 9.17) is 10.5 Å². The Morgan fingerprint density at radius 3 is 2.25 bits per heavy atom. The second-order valence-corrected chi connectivity index (χ2v) is 4.19. The molecule has 0 aliphatic carbocycles. The molecule has 0 amide bonds. The number of benzene rings is 1. The van der Waals surface area contributed by atoms with E-state index in [0.717, 1.165) is 12.0 Å². The van der Waals surface area contributed by atoms with E-state index in [2.05, 4.69) is 6.92 Å². The van der Waals surface area contributed by atoms with Gasteiger partial charge < -0.3 is 10.5 Å². The predicted octanol–water partition coefficient (Wildman–Crippen LogP) is 3.03. The maximum atomic E-state index is 12.8. The van der Waals surface area contributed by atoms with Crippen LogP contribution in [0.15, 0.2) is 24.3 Å². The Morgan fingerprint density at radius 2 is 1.81 bits per heavy atom. The van der Waals surface area contributed by atoms with E-state index in [1.807, 2.05) is 13.8 Å². The third-order valence-electron chi connectivity index (χ3n) is 2.63. The van der Waals surface area contributed by atoms with Gasteiger partial charge in [-0.2, -0.15) is 0 Å². The molecule has 0 bridgehead atoms. The molecule has 3 atom stereocenters. The van der Waals surface area contributed by atoms with Crippen molar-refractivity contribution in [2.24, 2.45) is 5.73 Å². The largest absolute Gasteiger partial charge is 0.369 e. The van der Waals surface area contributed by atoms with Gasteiger partial charge in [0.05, 0.1) is 12.2 Å². The Bertz CT molecular complexity index is 310. The fourth-order valence-electron chi connectivity index (χ4n) is 1.51. The molecule has 2 N–H and O–H groups in total. The van der Waals surface area contributed by atoms with Crippen LogP contribution in [0.3, 0.4) is 0 Å². The topological polar surface area (TPSA) is 35.2 Å². The van der Waals surface area contributed by atoms with E-state index < -0.39 is 0 Å². The highest BCUT2D eigenvalue weighted by molar-refractivity contribution is 5.20. The maximum Gasteiger partial charge on any atom is 0.123 e. The first-order chi connectivity index (χ1) is 7.54. The van der Waals surface area contributed by atoms with E-state index in [9.17, 15) is 4.39 Å². The van der Waals surface area contributed by atoms with Gasteiger partial charge in [0.25, 0.3) is 0 Å². The summed E-state index contributed by atoms with van der Waals surface area (Å²) in [7, 11) is 0. The van der Waals surface area contributed by atoms with Crippen molar-refractivity contribution in [3.8, 4) is 0 Å². The summed E-state index contributed by atoms with van der Waals surface area (Å²) in [6.07, 6.45) is 0.918. The van der Waals surface area contributed by atoms with Gasteiger partial charge in [-0.05, 0) is 38.0 Å². The third-order valence-corrected chi connectivity index (χ3v) is 2.63. The Balaban J connectivity index is 2.81. The van der Waals surface area contributed by atoms with Crippen molar-refractivity contribution in [1.82, 2.24) is 0 Å². The van der Waals surface area contributed by atoms with Crippen LogP contribution in [0, 0.1) is 5.82 Å². The zero-order valence-corrected chi connectivity index (χ0v) is 10.1. The van der Waals surface area contributed by atoms with E-state index >= 15 is 0 Å². The lowest BCUT2D eigenvalue weighted by molar-refractivity contribution is -0.0161. The summed E-state index contributed by atoms with van der Waals surface area (Å²) in [5, 5.41) is 0. The molecule has 1 rings (SSSR count). The van der Waals surface area contributed by atoms with Gasteiger partial charge >= 0.3 is 0 Å².